The molecule has 0 radical (unpaired) electrons. The van der Waals surface area contributed by atoms with Gasteiger partial charge in [-0.05, 0) is 44.1 Å². The van der Waals surface area contributed by atoms with Crippen LogP contribution in [0.3, 0.4) is 0 Å². The van der Waals surface area contributed by atoms with Crippen molar-refractivity contribution in [3.8, 4) is 0 Å². The Morgan fingerprint density at radius 3 is 2.94 bits per heavy atom. The maximum atomic E-state index is 4.03. The molecule has 1 aromatic heterocycles. The number of rotatable bonds is 8. The van der Waals surface area contributed by atoms with E-state index in [2.05, 4.69) is 46.0 Å². The van der Waals surface area contributed by atoms with Crippen LogP contribution in [0.4, 0.5) is 0 Å². The molecule has 0 spiro atoms. The van der Waals surface area contributed by atoms with Crippen molar-refractivity contribution in [1.82, 2.24) is 20.8 Å². The number of benzene rings is 1. The molecule has 1 heterocycles. The maximum absolute atomic E-state index is 4.03. The zero-order valence-electron chi connectivity index (χ0n) is 11.0. The van der Waals surface area contributed by atoms with Gasteiger partial charge < -0.3 is 10.6 Å². The summed E-state index contributed by atoms with van der Waals surface area (Å²) in [6.07, 6.45) is 4.23. The standard InChI is InChI=1S/C14H22N4/c1-2-6-15-7-3-8-16-10-12-4-5-13-11-17-18-14(13)9-12/h4-5,9,11,15-16H,2-3,6-8,10H2,1H3,(H,17,18). The number of fused-ring (bicyclic) bond motifs is 1. The molecule has 18 heavy (non-hydrogen) atoms. The fraction of sp³-hybridized carbons (Fsp3) is 0.500. The van der Waals surface area contributed by atoms with Crippen LogP contribution < -0.4 is 10.6 Å². The van der Waals surface area contributed by atoms with Gasteiger partial charge in [0.1, 0.15) is 0 Å². The van der Waals surface area contributed by atoms with Crippen molar-refractivity contribution in [2.24, 2.45) is 0 Å². The van der Waals surface area contributed by atoms with Crippen molar-refractivity contribution in [1.29, 1.82) is 0 Å². The SMILES string of the molecule is CCCNCCCNCc1ccc2cn[nH]c2c1. The van der Waals surface area contributed by atoms with Gasteiger partial charge in [-0.25, -0.2) is 0 Å². The van der Waals surface area contributed by atoms with Crippen LogP contribution in [0.1, 0.15) is 25.3 Å². The van der Waals surface area contributed by atoms with Gasteiger partial charge in [-0.1, -0.05) is 19.1 Å². The fourth-order valence-electron chi connectivity index (χ4n) is 1.97. The highest BCUT2D eigenvalue weighted by Gasteiger charge is 1.97. The summed E-state index contributed by atoms with van der Waals surface area (Å²) in [5, 5.41) is 15.1. The van der Waals surface area contributed by atoms with Crippen LogP contribution in [-0.4, -0.2) is 29.8 Å². The molecule has 0 fully saturated rings. The summed E-state index contributed by atoms with van der Waals surface area (Å²) < 4.78 is 0. The highest BCUT2D eigenvalue weighted by atomic mass is 15.1. The Morgan fingerprint density at radius 2 is 2.06 bits per heavy atom. The van der Waals surface area contributed by atoms with Gasteiger partial charge in [0.05, 0.1) is 11.7 Å². The van der Waals surface area contributed by atoms with Crippen LogP contribution in [0.5, 0.6) is 0 Å². The first-order chi connectivity index (χ1) is 8.90. The zero-order chi connectivity index (χ0) is 12.6. The minimum Gasteiger partial charge on any atom is -0.317 e. The Bertz CT molecular complexity index is 464. The lowest BCUT2D eigenvalue weighted by Crippen LogP contribution is -2.22. The van der Waals surface area contributed by atoms with Gasteiger partial charge in [-0.3, -0.25) is 5.10 Å². The van der Waals surface area contributed by atoms with Crippen molar-refractivity contribution in [3.05, 3.63) is 30.0 Å². The van der Waals surface area contributed by atoms with Crippen LogP contribution in [0, 0.1) is 0 Å². The molecule has 0 atom stereocenters. The first kappa shape index (κ1) is 13.1. The van der Waals surface area contributed by atoms with Gasteiger partial charge in [0.25, 0.3) is 0 Å². The molecule has 2 rings (SSSR count). The number of nitrogens with zero attached hydrogens (tertiary/aromatic N) is 1. The maximum Gasteiger partial charge on any atom is 0.0653 e. The predicted octanol–water partition coefficient (Wildman–Crippen LogP) is 2.04. The first-order valence-corrected chi connectivity index (χ1v) is 6.73. The molecule has 0 saturated heterocycles. The minimum atomic E-state index is 0.919. The highest BCUT2D eigenvalue weighted by Crippen LogP contribution is 2.12. The van der Waals surface area contributed by atoms with Crippen LogP contribution in [-0.2, 0) is 6.54 Å². The molecule has 98 valence electrons. The number of hydrogen-bond acceptors (Lipinski definition) is 3. The normalized spacial score (nSPS) is 11.2. The van der Waals surface area contributed by atoms with E-state index in [0.29, 0.717) is 0 Å². The molecule has 0 aliphatic rings. The first-order valence-electron chi connectivity index (χ1n) is 6.73. The lowest BCUT2D eigenvalue weighted by atomic mass is 10.1. The summed E-state index contributed by atoms with van der Waals surface area (Å²) in [7, 11) is 0. The predicted molar refractivity (Wildman–Crippen MR) is 75.6 cm³/mol. The molecule has 4 heteroatoms. The van der Waals surface area contributed by atoms with Crippen LogP contribution in [0.2, 0.25) is 0 Å². The summed E-state index contributed by atoms with van der Waals surface area (Å²) >= 11 is 0. The van der Waals surface area contributed by atoms with Crippen LogP contribution >= 0.6 is 0 Å². The molecule has 0 aliphatic heterocycles. The van der Waals surface area contributed by atoms with Crippen molar-refractivity contribution < 1.29 is 0 Å². The molecule has 0 unspecified atom stereocenters. The van der Waals surface area contributed by atoms with E-state index in [-0.39, 0.29) is 0 Å². The number of aromatic nitrogens is 2. The van der Waals surface area contributed by atoms with E-state index >= 15 is 0 Å². The third kappa shape index (κ3) is 3.82. The average molecular weight is 246 g/mol. The lowest BCUT2D eigenvalue weighted by molar-refractivity contribution is 0.592. The van der Waals surface area contributed by atoms with Gasteiger partial charge in [0.15, 0.2) is 0 Å². The van der Waals surface area contributed by atoms with Crippen molar-refractivity contribution in [2.75, 3.05) is 19.6 Å². The van der Waals surface area contributed by atoms with Crippen LogP contribution in [0.15, 0.2) is 24.4 Å². The number of aromatic amines is 1. The van der Waals surface area contributed by atoms with Gasteiger partial charge in [-0.15, -0.1) is 0 Å². The molecule has 0 amide bonds. The van der Waals surface area contributed by atoms with E-state index in [1.807, 2.05) is 6.20 Å². The van der Waals surface area contributed by atoms with E-state index in [4.69, 9.17) is 0 Å². The third-order valence-electron chi connectivity index (χ3n) is 2.97. The second kappa shape index (κ2) is 7.13. The second-order valence-corrected chi connectivity index (χ2v) is 4.57. The van der Waals surface area contributed by atoms with Crippen molar-refractivity contribution >= 4 is 10.9 Å². The Morgan fingerprint density at radius 1 is 1.17 bits per heavy atom. The summed E-state index contributed by atoms with van der Waals surface area (Å²) in [6, 6.07) is 6.42. The molecule has 4 nitrogen and oxygen atoms in total. The van der Waals surface area contributed by atoms with Crippen molar-refractivity contribution in [3.63, 3.8) is 0 Å². The average Bonchev–Trinajstić information content (AvgIpc) is 2.85. The van der Waals surface area contributed by atoms with Gasteiger partial charge in [-0.2, -0.15) is 5.10 Å². The quantitative estimate of drug-likeness (QED) is 0.625. The molecule has 0 bridgehead atoms. The fourth-order valence-corrected chi connectivity index (χ4v) is 1.97. The van der Waals surface area contributed by atoms with Gasteiger partial charge in [0.2, 0.25) is 0 Å². The number of nitrogens with one attached hydrogen (secondary N) is 3. The number of hydrogen-bond donors (Lipinski definition) is 3. The Kier molecular flexibility index (Phi) is 5.17. The topological polar surface area (TPSA) is 52.7 Å². The monoisotopic (exact) mass is 246 g/mol. The van der Waals surface area contributed by atoms with Gasteiger partial charge >= 0.3 is 0 Å². The Labute approximate surface area is 108 Å². The molecular weight excluding hydrogens is 224 g/mol. The Balaban J connectivity index is 1.67. The molecule has 0 saturated carbocycles. The zero-order valence-corrected chi connectivity index (χ0v) is 11.0. The third-order valence-corrected chi connectivity index (χ3v) is 2.97. The highest BCUT2D eigenvalue weighted by molar-refractivity contribution is 5.78. The summed E-state index contributed by atoms with van der Waals surface area (Å²) in [5.41, 5.74) is 2.41. The smallest absolute Gasteiger partial charge is 0.0653 e. The molecular formula is C14H22N4. The Hall–Kier alpha value is -1.39. The minimum absolute atomic E-state index is 0.919. The summed E-state index contributed by atoms with van der Waals surface area (Å²) in [5.74, 6) is 0. The largest absolute Gasteiger partial charge is 0.317 e. The lowest BCUT2D eigenvalue weighted by Gasteiger charge is -2.06. The van der Waals surface area contributed by atoms with Crippen LogP contribution in [0.25, 0.3) is 10.9 Å². The molecule has 0 aliphatic carbocycles. The summed E-state index contributed by atoms with van der Waals surface area (Å²) in [4.78, 5) is 0. The molecule has 2 aromatic rings. The van der Waals surface area contributed by atoms with E-state index < -0.39 is 0 Å². The number of H-pyrrole nitrogens is 1. The van der Waals surface area contributed by atoms with E-state index in [9.17, 15) is 0 Å². The molecule has 1 aromatic carbocycles. The second-order valence-electron chi connectivity index (χ2n) is 4.57. The van der Waals surface area contributed by atoms with E-state index in [0.717, 1.165) is 31.7 Å². The summed E-state index contributed by atoms with van der Waals surface area (Å²) in [6.45, 7) is 6.38. The van der Waals surface area contributed by atoms with E-state index in [1.165, 1.54) is 23.8 Å². The molecule has 3 N–H and O–H groups in total. The van der Waals surface area contributed by atoms with Gasteiger partial charge in [0, 0.05) is 11.9 Å². The van der Waals surface area contributed by atoms with E-state index in [1.54, 1.807) is 0 Å². The van der Waals surface area contributed by atoms with Crippen molar-refractivity contribution in [2.45, 2.75) is 26.3 Å².